The molecule has 2 aromatic carbocycles. The maximum atomic E-state index is 12.3. The van der Waals surface area contributed by atoms with E-state index in [0.29, 0.717) is 16.3 Å². The van der Waals surface area contributed by atoms with Crippen molar-refractivity contribution in [1.29, 1.82) is 0 Å². The van der Waals surface area contributed by atoms with Crippen LogP contribution >= 0.6 is 11.6 Å². The van der Waals surface area contributed by atoms with Crippen LogP contribution in [0.15, 0.2) is 53.4 Å². The largest absolute Gasteiger partial charge is 0.311 e. The third-order valence-electron chi connectivity index (χ3n) is 2.92. The summed E-state index contributed by atoms with van der Waals surface area (Å²) in [7, 11) is -2.67. The first-order chi connectivity index (χ1) is 9.79. The number of carbonyl (C=O) groups is 1. The first-order valence-electron chi connectivity index (χ1n) is 5.90. The maximum Gasteiger partial charge on any atom is 0.294 e. The van der Waals surface area contributed by atoms with Gasteiger partial charge in [0.15, 0.2) is 0 Å². The SMILES string of the molecule is CN(C(=O)c1ccc(Cl)cc1)c1ccc(S(=O)(=O)O)cc1. The van der Waals surface area contributed by atoms with Gasteiger partial charge in [-0.1, -0.05) is 11.6 Å². The van der Waals surface area contributed by atoms with Crippen LogP contribution in [0.1, 0.15) is 10.4 Å². The second-order valence-corrected chi connectivity index (χ2v) is 6.20. The Kier molecular flexibility index (Phi) is 4.32. The highest BCUT2D eigenvalue weighted by Gasteiger charge is 2.15. The molecule has 0 radical (unpaired) electrons. The fourth-order valence-corrected chi connectivity index (χ4v) is 2.35. The van der Waals surface area contributed by atoms with Crippen LogP contribution in [0.2, 0.25) is 5.02 Å². The predicted octanol–water partition coefficient (Wildman–Crippen LogP) is 2.86. The zero-order valence-electron chi connectivity index (χ0n) is 11.0. The van der Waals surface area contributed by atoms with Gasteiger partial charge in [0.2, 0.25) is 0 Å². The Morgan fingerprint density at radius 2 is 1.57 bits per heavy atom. The van der Waals surface area contributed by atoms with Crippen molar-refractivity contribution in [2.75, 3.05) is 11.9 Å². The van der Waals surface area contributed by atoms with E-state index in [2.05, 4.69) is 0 Å². The Hall–Kier alpha value is -1.89. The number of benzene rings is 2. The molecule has 5 nitrogen and oxygen atoms in total. The average molecular weight is 326 g/mol. The lowest BCUT2D eigenvalue weighted by atomic mass is 10.2. The van der Waals surface area contributed by atoms with E-state index in [1.165, 1.54) is 29.2 Å². The standard InChI is InChI=1S/C14H12ClNO4S/c1-16(14(17)10-2-4-11(15)5-3-10)12-6-8-13(9-7-12)21(18,19)20/h2-9H,1H3,(H,18,19,20). The number of halogens is 1. The van der Waals surface area contributed by atoms with E-state index in [4.69, 9.17) is 16.2 Å². The maximum absolute atomic E-state index is 12.3. The van der Waals surface area contributed by atoms with Gasteiger partial charge in [-0.2, -0.15) is 8.42 Å². The number of nitrogens with zero attached hydrogens (tertiary/aromatic N) is 1. The van der Waals surface area contributed by atoms with Gasteiger partial charge < -0.3 is 4.90 Å². The van der Waals surface area contributed by atoms with E-state index in [1.54, 1.807) is 31.3 Å². The molecule has 0 saturated heterocycles. The van der Waals surface area contributed by atoms with Gasteiger partial charge in [0.05, 0.1) is 4.90 Å². The molecule has 0 spiro atoms. The topological polar surface area (TPSA) is 74.7 Å². The molecule has 2 aromatic rings. The molecule has 21 heavy (non-hydrogen) atoms. The van der Waals surface area contributed by atoms with Crippen molar-refractivity contribution in [3.63, 3.8) is 0 Å². The van der Waals surface area contributed by atoms with Crippen LogP contribution in [0, 0.1) is 0 Å². The molecule has 0 bridgehead atoms. The van der Waals surface area contributed by atoms with Gasteiger partial charge in [-0.05, 0) is 48.5 Å². The second-order valence-electron chi connectivity index (χ2n) is 4.34. The fraction of sp³-hybridized carbons (Fsp3) is 0.0714. The van der Waals surface area contributed by atoms with Crippen molar-refractivity contribution in [2.45, 2.75) is 4.90 Å². The predicted molar refractivity (Wildman–Crippen MR) is 80.4 cm³/mol. The van der Waals surface area contributed by atoms with Gasteiger partial charge in [-0.25, -0.2) is 0 Å². The molecular formula is C14H12ClNO4S. The quantitative estimate of drug-likeness (QED) is 0.880. The lowest BCUT2D eigenvalue weighted by Crippen LogP contribution is -2.26. The van der Waals surface area contributed by atoms with Crippen LogP contribution in [0.5, 0.6) is 0 Å². The zero-order valence-corrected chi connectivity index (χ0v) is 12.6. The minimum atomic E-state index is -4.24. The average Bonchev–Trinajstić information content (AvgIpc) is 2.46. The molecule has 0 aliphatic heterocycles. The van der Waals surface area contributed by atoms with Crippen molar-refractivity contribution in [1.82, 2.24) is 0 Å². The van der Waals surface area contributed by atoms with E-state index in [-0.39, 0.29) is 10.8 Å². The molecule has 110 valence electrons. The Balaban J connectivity index is 2.25. The number of rotatable bonds is 3. The Bertz CT molecular complexity index is 755. The van der Waals surface area contributed by atoms with E-state index in [1.807, 2.05) is 0 Å². The number of amides is 1. The molecule has 1 N–H and O–H groups in total. The summed E-state index contributed by atoms with van der Waals surface area (Å²) in [6.45, 7) is 0. The van der Waals surface area contributed by atoms with E-state index in [9.17, 15) is 13.2 Å². The fourth-order valence-electron chi connectivity index (χ4n) is 1.75. The molecular weight excluding hydrogens is 314 g/mol. The molecule has 0 fully saturated rings. The normalized spacial score (nSPS) is 11.2. The van der Waals surface area contributed by atoms with Crippen molar-refractivity contribution in [3.8, 4) is 0 Å². The van der Waals surface area contributed by atoms with Gasteiger partial charge in [0, 0.05) is 23.3 Å². The van der Waals surface area contributed by atoms with Crippen LogP contribution in [0.25, 0.3) is 0 Å². The molecule has 0 saturated carbocycles. The summed E-state index contributed by atoms with van der Waals surface area (Å²) < 4.78 is 30.8. The molecule has 2 rings (SSSR count). The van der Waals surface area contributed by atoms with Crippen molar-refractivity contribution < 1.29 is 17.8 Å². The third-order valence-corrected chi connectivity index (χ3v) is 4.04. The van der Waals surface area contributed by atoms with Gasteiger partial charge in [0.25, 0.3) is 16.0 Å². The van der Waals surface area contributed by atoms with Gasteiger partial charge in [-0.3, -0.25) is 9.35 Å². The number of hydrogen-bond acceptors (Lipinski definition) is 3. The number of anilines is 1. The van der Waals surface area contributed by atoms with E-state index in [0.717, 1.165) is 0 Å². The third kappa shape index (κ3) is 3.60. The number of hydrogen-bond donors (Lipinski definition) is 1. The highest BCUT2D eigenvalue weighted by molar-refractivity contribution is 7.85. The minimum absolute atomic E-state index is 0.224. The van der Waals surface area contributed by atoms with Gasteiger partial charge in [-0.15, -0.1) is 0 Å². The second kappa shape index (κ2) is 5.85. The molecule has 1 amide bonds. The molecule has 0 aromatic heterocycles. The molecule has 0 atom stereocenters. The Morgan fingerprint density at radius 1 is 1.05 bits per heavy atom. The monoisotopic (exact) mass is 325 g/mol. The first kappa shape index (κ1) is 15.5. The highest BCUT2D eigenvalue weighted by atomic mass is 35.5. The van der Waals surface area contributed by atoms with Crippen LogP contribution < -0.4 is 4.90 Å². The molecule has 7 heteroatoms. The van der Waals surface area contributed by atoms with Crippen LogP contribution in [-0.4, -0.2) is 25.9 Å². The lowest BCUT2D eigenvalue weighted by Gasteiger charge is -2.17. The molecule has 0 heterocycles. The highest BCUT2D eigenvalue weighted by Crippen LogP contribution is 2.19. The van der Waals surface area contributed by atoms with Crippen LogP contribution in [0.3, 0.4) is 0 Å². The summed E-state index contributed by atoms with van der Waals surface area (Å²) in [5.74, 6) is -0.258. The van der Waals surface area contributed by atoms with Crippen LogP contribution in [-0.2, 0) is 10.1 Å². The molecule has 0 unspecified atom stereocenters. The minimum Gasteiger partial charge on any atom is -0.311 e. The summed E-state index contributed by atoms with van der Waals surface area (Å²) in [5, 5.41) is 0.534. The molecule has 0 aliphatic carbocycles. The van der Waals surface area contributed by atoms with Gasteiger partial charge in [0.1, 0.15) is 0 Å². The summed E-state index contributed by atoms with van der Waals surface area (Å²) >= 11 is 5.77. The molecule has 0 aliphatic rings. The summed E-state index contributed by atoms with van der Waals surface area (Å²) in [4.78, 5) is 13.4. The lowest BCUT2D eigenvalue weighted by molar-refractivity contribution is 0.0993. The Labute approximate surface area is 127 Å². The van der Waals surface area contributed by atoms with Crippen molar-refractivity contribution in [2.24, 2.45) is 0 Å². The van der Waals surface area contributed by atoms with Crippen LogP contribution in [0.4, 0.5) is 5.69 Å². The van der Waals surface area contributed by atoms with Crippen molar-refractivity contribution >= 4 is 33.3 Å². The van der Waals surface area contributed by atoms with E-state index < -0.39 is 10.1 Å². The first-order valence-corrected chi connectivity index (χ1v) is 7.72. The van der Waals surface area contributed by atoms with Crippen molar-refractivity contribution in [3.05, 3.63) is 59.1 Å². The van der Waals surface area contributed by atoms with Gasteiger partial charge >= 0.3 is 0 Å². The summed E-state index contributed by atoms with van der Waals surface area (Å²) in [5.41, 5.74) is 0.961. The Morgan fingerprint density at radius 3 is 2.05 bits per heavy atom. The summed E-state index contributed by atoms with van der Waals surface area (Å²) in [6.07, 6.45) is 0. The summed E-state index contributed by atoms with van der Waals surface area (Å²) in [6, 6.07) is 11.8. The zero-order chi connectivity index (χ0) is 15.6. The smallest absolute Gasteiger partial charge is 0.294 e. The van der Waals surface area contributed by atoms with E-state index >= 15 is 0 Å². The number of carbonyl (C=O) groups excluding carboxylic acids is 1.